The van der Waals surface area contributed by atoms with Gasteiger partial charge in [-0.25, -0.2) is 0 Å². The van der Waals surface area contributed by atoms with Crippen LogP contribution in [-0.4, -0.2) is 24.4 Å². The molecule has 2 atom stereocenters. The number of carbonyl (C=O) groups excluding carboxylic acids is 1. The van der Waals surface area contributed by atoms with Crippen LogP contribution in [0.15, 0.2) is 12.1 Å². The molecule has 1 heterocycles. The average Bonchev–Trinajstić information content (AvgIpc) is 2.76. The molecule has 3 nitrogen and oxygen atoms in total. The van der Waals surface area contributed by atoms with Gasteiger partial charge in [0, 0.05) is 10.9 Å². The van der Waals surface area contributed by atoms with Crippen LogP contribution in [0.5, 0.6) is 0 Å². The first-order valence-electron chi connectivity index (χ1n) is 5.86. The molecule has 0 aliphatic heterocycles. The van der Waals surface area contributed by atoms with E-state index < -0.39 is 0 Å². The minimum atomic E-state index is -0.196. The van der Waals surface area contributed by atoms with Crippen molar-refractivity contribution >= 4 is 40.7 Å². The fraction of sp³-hybridized carbons (Fsp3) is 0.583. The average molecular weight is 308 g/mol. The van der Waals surface area contributed by atoms with Gasteiger partial charge in [-0.2, -0.15) is 0 Å². The largest absolute Gasteiger partial charge is 0.465 e. The van der Waals surface area contributed by atoms with Gasteiger partial charge in [-0.3, -0.25) is 4.79 Å². The molecule has 102 valence electrons. The molecule has 2 N–H and O–H groups in total. The van der Waals surface area contributed by atoms with Crippen LogP contribution in [0.2, 0.25) is 4.34 Å². The van der Waals surface area contributed by atoms with E-state index in [9.17, 15) is 4.79 Å². The zero-order valence-corrected chi connectivity index (χ0v) is 12.9. The summed E-state index contributed by atoms with van der Waals surface area (Å²) in [5, 5.41) is 0.0944. The van der Waals surface area contributed by atoms with Crippen LogP contribution in [0.4, 0.5) is 0 Å². The molecule has 6 heteroatoms. The second kappa shape index (κ2) is 8.04. The van der Waals surface area contributed by atoms with Crippen molar-refractivity contribution in [2.75, 3.05) is 12.4 Å². The number of carbonyl (C=O) groups is 1. The predicted molar refractivity (Wildman–Crippen MR) is 79.4 cm³/mol. The second-order valence-electron chi connectivity index (χ2n) is 3.75. The first kappa shape index (κ1) is 15.8. The summed E-state index contributed by atoms with van der Waals surface area (Å²) >= 11 is 8.98. The third-order valence-electron chi connectivity index (χ3n) is 2.42. The van der Waals surface area contributed by atoms with Gasteiger partial charge in [-0.05, 0) is 25.5 Å². The highest BCUT2D eigenvalue weighted by atomic mass is 35.5. The van der Waals surface area contributed by atoms with E-state index in [0.29, 0.717) is 12.4 Å². The van der Waals surface area contributed by atoms with E-state index in [1.165, 1.54) is 23.1 Å². The van der Waals surface area contributed by atoms with Gasteiger partial charge < -0.3 is 10.5 Å². The minimum absolute atomic E-state index is 0.0131. The number of ether oxygens (including phenoxy) is 1. The zero-order valence-electron chi connectivity index (χ0n) is 10.5. The maximum Gasteiger partial charge on any atom is 0.315 e. The highest BCUT2D eigenvalue weighted by Gasteiger charge is 2.22. The van der Waals surface area contributed by atoms with Gasteiger partial charge in [-0.15, -0.1) is 23.1 Å². The summed E-state index contributed by atoms with van der Waals surface area (Å²) in [6, 6.07) is 3.85. The molecule has 2 unspecified atom stereocenters. The van der Waals surface area contributed by atoms with Crippen molar-refractivity contribution < 1.29 is 9.53 Å². The first-order valence-corrected chi connectivity index (χ1v) is 8.10. The van der Waals surface area contributed by atoms with Crippen LogP contribution in [-0.2, 0) is 9.53 Å². The number of esters is 1. The van der Waals surface area contributed by atoms with E-state index in [1.807, 2.05) is 19.1 Å². The molecule has 0 saturated heterocycles. The third-order valence-corrected chi connectivity index (χ3v) is 5.25. The number of nitrogens with two attached hydrogens (primary N) is 1. The van der Waals surface area contributed by atoms with Gasteiger partial charge in [-0.1, -0.05) is 18.5 Å². The van der Waals surface area contributed by atoms with Crippen LogP contribution in [0.3, 0.4) is 0 Å². The Kier molecular flexibility index (Phi) is 7.07. The molecule has 0 radical (unpaired) electrons. The fourth-order valence-electron chi connectivity index (χ4n) is 1.47. The third kappa shape index (κ3) is 4.80. The molecule has 0 spiro atoms. The Morgan fingerprint density at radius 2 is 2.28 bits per heavy atom. The summed E-state index contributed by atoms with van der Waals surface area (Å²) in [5.41, 5.74) is 6.11. The Hall–Kier alpha value is -0.230. The highest BCUT2D eigenvalue weighted by Crippen LogP contribution is 2.38. The highest BCUT2D eigenvalue weighted by molar-refractivity contribution is 8.00. The summed E-state index contributed by atoms with van der Waals surface area (Å²) in [5.74, 6) is 0.125. The zero-order chi connectivity index (χ0) is 13.5. The smallest absolute Gasteiger partial charge is 0.315 e. The van der Waals surface area contributed by atoms with Crippen molar-refractivity contribution in [3.63, 3.8) is 0 Å². The summed E-state index contributed by atoms with van der Waals surface area (Å²) in [7, 11) is 0. The normalized spacial score (nSPS) is 14.2. The van der Waals surface area contributed by atoms with E-state index >= 15 is 0 Å². The fourth-order valence-corrected chi connectivity index (χ4v) is 4.02. The summed E-state index contributed by atoms with van der Waals surface area (Å²) in [4.78, 5) is 12.5. The Morgan fingerprint density at radius 1 is 1.56 bits per heavy atom. The molecule has 18 heavy (non-hydrogen) atoms. The minimum Gasteiger partial charge on any atom is -0.465 e. The molecule has 0 aliphatic rings. The maximum absolute atomic E-state index is 11.4. The van der Waals surface area contributed by atoms with Gasteiger partial charge >= 0.3 is 5.97 Å². The number of rotatable bonds is 7. The van der Waals surface area contributed by atoms with Crippen LogP contribution in [0.25, 0.3) is 0 Å². The number of thiophene rings is 1. The van der Waals surface area contributed by atoms with Gasteiger partial charge in [0.15, 0.2) is 0 Å². The second-order valence-corrected chi connectivity index (χ2v) is 6.63. The molecule has 1 aromatic rings. The number of thioether (sulfide) groups is 1. The van der Waals surface area contributed by atoms with Crippen LogP contribution in [0.1, 0.15) is 30.4 Å². The predicted octanol–water partition coefficient (Wildman–Crippen LogP) is 3.48. The van der Waals surface area contributed by atoms with Crippen molar-refractivity contribution in [1.82, 2.24) is 0 Å². The van der Waals surface area contributed by atoms with Crippen molar-refractivity contribution in [2.24, 2.45) is 5.73 Å². The lowest BCUT2D eigenvalue weighted by atomic mass is 10.1. The summed E-state index contributed by atoms with van der Waals surface area (Å²) in [6.07, 6.45) is 0.857. The maximum atomic E-state index is 11.4. The van der Waals surface area contributed by atoms with Crippen molar-refractivity contribution in [3.05, 3.63) is 21.3 Å². The van der Waals surface area contributed by atoms with E-state index in [-0.39, 0.29) is 17.3 Å². The van der Waals surface area contributed by atoms with Gasteiger partial charge in [0.1, 0.15) is 0 Å². The molecule has 0 bridgehead atoms. The quantitative estimate of drug-likeness (QED) is 0.784. The topological polar surface area (TPSA) is 52.3 Å². The van der Waals surface area contributed by atoms with Crippen LogP contribution >= 0.6 is 34.7 Å². The van der Waals surface area contributed by atoms with E-state index in [2.05, 4.69) is 0 Å². The molecule has 0 fully saturated rings. The number of hydrogen-bond acceptors (Lipinski definition) is 5. The van der Waals surface area contributed by atoms with Crippen molar-refractivity contribution in [2.45, 2.75) is 31.6 Å². The molecule has 0 aromatic carbocycles. The van der Waals surface area contributed by atoms with Crippen LogP contribution < -0.4 is 5.73 Å². The Balaban J connectivity index is 2.65. The lowest BCUT2D eigenvalue weighted by molar-refractivity contribution is -0.139. The molecule has 0 amide bonds. The van der Waals surface area contributed by atoms with Crippen molar-refractivity contribution in [1.29, 1.82) is 0 Å². The van der Waals surface area contributed by atoms with Gasteiger partial charge in [0.25, 0.3) is 0 Å². The lowest BCUT2D eigenvalue weighted by Gasteiger charge is -2.20. The summed E-state index contributed by atoms with van der Waals surface area (Å²) in [6.45, 7) is 4.25. The van der Waals surface area contributed by atoms with E-state index in [1.54, 1.807) is 6.92 Å². The Morgan fingerprint density at radius 3 is 2.78 bits per heavy atom. The van der Waals surface area contributed by atoms with E-state index in [0.717, 1.165) is 15.6 Å². The van der Waals surface area contributed by atoms with E-state index in [4.69, 9.17) is 22.1 Å². The van der Waals surface area contributed by atoms with Gasteiger partial charge in [0.2, 0.25) is 0 Å². The van der Waals surface area contributed by atoms with Gasteiger partial charge in [0.05, 0.1) is 21.9 Å². The first-order chi connectivity index (χ1) is 8.58. The number of hydrogen-bond donors (Lipinski definition) is 1. The molecule has 1 rings (SSSR count). The number of halogens is 1. The summed E-state index contributed by atoms with van der Waals surface area (Å²) < 4.78 is 5.67. The lowest BCUT2D eigenvalue weighted by Crippen LogP contribution is -2.26. The molecular weight excluding hydrogens is 290 g/mol. The Labute approximate surface area is 121 Å². The molecular formula is C12H18ClNO2S2. The Bertz CT molecular complexity index is 384. The standard InChI is InChI=1S/C12H18ClNO2S2/c1-3-8(14)12(9-5-6-10(13)18-9)17-7-11(15)16-4-2/h5-6,8,12H,3-4,7,14H2,1-2H3. The monoisotopic (exact) mass is 307 g/mol. The SMILES string of the molecule is CCOC(=O)CSC(c1ccc(Cl)s1)C(N)CC. The molecule has 0 saturated carbocycles. The van der Waals surface area contributed by atoms with Crippen LogP contribution in [0, 0.1) is 0 Å². The van der Waals surface area contributed by atoms with Crippen molar-refractivity contribution in [3.8, 4) is 0 Å². The molecule has 0 aliphatic carbocycles. The molecule has 1 aromatic heterocycles.